The summed E-state index contributed by atoms with van der Waals surface area (Å²) in [7, 11) is 1.88. The van der Waals surface area contributed by atoms with E-state index in [1.54, 1.807) is 23.3 Å². The van der Waals surface area contributed by atoms with Gasteiger partial charge in [-0.3, -0.25) is 9.58 Å². The predicted octanol–water partition coefficient (Wildman–Crippen LogP) is 6.92. The molecule has 0 aliphatic carbocycles. The molecule has 0 aliphatic rings. The van der Waals surface area contributed by atoms with Gasteiger partial charge in [-0.1, -0.05) is 74.0 Å². The monoisotopic (exact) mass is 642 g/mol. The maximum Gasteiger partial charge on any atom is 0.323 e. The lowest BCUT2D eigenvalue weighted by Crippen LogP contribution is -2.46. The number of carbonyl (C=O) groups excluding carboxylic acids is 1. The second-order valence-corrected chi connectivity index (χ2v) is 11.6. The minimum atomic E-state index is -0.168. The van der Waals surface area contributed by atoms with E-state index in [1.165, 1.54) is 0 Å². The first kappa shape index (κ1) is 33.6. The number of nitrogens with zero attached hydrogens (tertiary/aromatic N) is 7. The Balaban J connectivity index is 1.22. The van der Waals surface area contributed by atoms with Crippen molar-refractivity contribution in [3.63, 3.8) is 0 Å². The Labute approximate surface area is 282 Å². The number of hydrogen-bond acceptors (Lipinski definition) is 8. The number of pyridine rings is 1. The van der Waals surface area contributed by atoms with Crippen LogP contribution >= 0.6 is 0 Å². The number of rotatable bonds is 16. The van der Waals surface area contributed by atoms with Crippen molar-refractivity contribution in [3.8, 4) is 17.2 Å². The second kappa shape index (κ2) is 17.2. The third-order valence-electron chi connectivity index (χ3n) is 7.98. The van der Waals surface area contributed by atoms with Gasteiger partial charge in [0, 0.05) is 56.2 Å². The fourth-order valence-corrected chi connectivity index (χ4v) is 5.49. The third-order valence-corrected chi connectivity index (χ3v) is 7.98. The second-order valence-electron chi connectivity index (χ2n) is 11.6. The fourth-order valence-electron chi connectivity index (χ4n) is 5.49. The minimum absolute atomic E-state index is 0.0394. The highest BCUT2D eigenvalue weighted by atomic mass is 16.2. The summed E-state index contributed by atoms with van der Waals surface area (Å²) < 4.78 is 1.76. The topological polar surface area (TPSA) is 137 Å². The number of amides is 2. The standard InChI is InChI=1S/C37H42N10O/c1-3-12-33(17-10-11-20-39-36-42-25-31(21-38)35(45-36)41-22-28-13-6-4-7-14-28)47(37(48)43-23-29-15-8-5-9-16-29)34-19-18-30(24-40-34)32-26-44-46(2)27-32/h4-9,13-16,18-19,24-27,33H,3,10-12,17,20,22-23H2,1-2H3,(H,43,48)(H2,39,41,42,45). The van der Waals surface area contributed by atoms with Crippen molar-refractivity contribution in [2.75, 3.05) is 22.1 Å². The van der Waals surface area contributed by atoms with Crippen molar-refractivity contribution < 1.29 is 4.79 Å². The average Bonchev–Trinajstić information content (AvgIpc) is 3.57. The zero-order valence-electron chi connectivity index (χ0n) is 27.5. The van der Waals surface area contributed by atoms with Gasteiger partial charge in [-0.2, -0.15) is 15.3 Å². The first-order valence-electron chi connectivity index (χ1n) is 16.4. The lowest BCUT2D eigenvalue weighted by atomic mass is 10.0. The summed E-state index contributed by atoms with van der Waals surface area (Å²) in [5.41, 5.74) is 4.44. The van der Waals surface area contributed by atoms with Gasteiger partial charge in [0.25, 0.3) is 0 Å². The largest absolute Gasteiger partial charge is 0.365 e. The van der Waals surface area contributed by atoms with Gasteiger partial charge in [-0.05, 0) is 48.9 Å². The van der Waals surface area contributed by atoms with Crippen LogP contribution in [0.4, 0.5) is 22.4 Å². The van der Waals surface area contributed by atoms with E-state index in [-0.39, 0.29) is 12.1 Å². The van der Waals surface area contributed by atoms with E-state index < -0.39 is 0 Å². The van der Waals surface area contributed by atoms with Crippen LogP contribution in [0.3, 0.4) is 0 Å². The molecule has 0 saturated heterocycles. The number of aryl methyl sites for hydroxylation is 1. The molecule has 3 N–H and O–H groups in total. The van der Waals surface area contributed by atoms with E-state index in [1.807, 2.05) is 90.9 Å². The van der Waals surface area contributed by atoms with Crippen molar-refractivity contribution in [2.24, 2.45) is 7.05 Å². The van der Waals surface area contributed by atoms with Crippen molar-refractivity contribution >= 4 is 23.6 Å². The minimum Gasteiger partial charge on any atom is -0.365 e. The Bertz CT molecular complexity index is 1770. The molecule has 11 nitrogen and oxygen atoms in total. The van der Waals surface area contributed by atoms with E-state index in [4.69, 9.17) is 4.98 Å². The van der Waals surface area contributed by atoms with Gasteiger partial charge in [-0.25, -0.2) is 14.8 Å². The molecule has 3 aromatic heterocycles. The quantitative estimate of drug-likeness (QED) is 0.0987. The molecular formula is C37H42N10O. The summed E-state index contributed by atoms with van der Waals surface area (Å²) in [6.07, 6.45) is 11.4. The van der Waals surface area contributed by atoms with Crippen LogP contribution in [0.15, 0.2) is 97.6 Å². The first-order chi connectivity index (χ1) is 23.5. The predicted molar refractivity (Wildman–Crippen MR) is 189 cm³/mol. The Morgan fingerprint density at radius 1 is 0.875 bits per heavy atom. The van der Waals surface area contributed by atoms with Gasteiger partial charge in [0.05, 0.1) is 12.4 Å². The normalized spacial score (nSPS) is 11.4. The maximum absolute atomic E-state index is 13.8. The van der Waals surface area contributed by atoms with Crippen LogP contribution in [-0.2, 0) is 20.1 Å². The molecule has 5 aromatic rings. The maximum atomic E-state index is 13.8. The third kappa shape index (κ3) is 9.39. The molecule has 0 radical (unpaired) electrons. The van der Waals surface area contributed by atoms with Crippen LogP contribution < -0.4 is 20.9 Å². The van der Waals surface area contributed by atoms with Crippen molar-refractivity contribution in [2.45, 2.75) is 58.2 Å². The van der Waals surface area contributed by atoms with E-state index in [0.717, 1.165) is 54.4 Å². The molecular weight excluding hydrogens is 600 g/mol. The number of carbonyl (C=O) groups is 1. The first-order valence-corrected chi connectivity index (χ1v) is 16.4. The molecule has 0 aliphatic heterocycles. The highest BCUT2D eigenvalue weighted by Gasteiger charge is 2.26. The summed E-state index contributed by atoms with van der Waals surface area (Å²) in [6.45, 7) is 3.78. The number of unbranched alkanes of at least 4 members (excludes halogenated alkanes) is 1. The number of hydrogen-bond donors (Lipinski definition) is 3. The van der Waals surface area contributed by atoms with Crippen molar-refractivity contribution in [1.82, 2.24) is 30.0 Å². The van der Waals surface area contributed by atoms with Gasteiger partial charge in [-0.15, -0.1) is 0 Å². The summed E-state index contributed by atoms with van der Waals surface area (Å²) in [6, 6.07) is 25.7. The summed E-state index contributed by atoms with van der Waals surface area (Å²) in [5, 5.41) is 23.5. The molecule has 0 saturated carbocycles. The highest BCUT2D eigenvalue weighted by Crippen LogP contribution is 2.25. The molecule has 1 unspecified atom stereocenters. The van der Waals surface area contributed by atoms with E-state index in [9.17, 15) is 10.1 Å². The van der Waals surface area contributed by atoms with E-state index in [2.05, 4.69) is 44.0 Å². The Morgan fingerprint density at radius 2 is 1.62 bits per heavy atom. The highest BCUT2D eigenvalue weighted by molar-refractivity contribution is 5.91. The average molecular weight is 643 g/mol. The Morgan fingerprint density at radius 3 is 2.27 bits per heavy atom. The van der Waals surface area contributed by atoms with Gasteiger partial charge in [0.2, 0.25) is 5.95 Å². The molecule has 11 heteroatoms. The number of anilines is 3. The van der Waals surface area contributed by atoms with Crippen LogP contribution in [0.25, 0.3) is 11.1 Å². The molecule has 1 atom stereocenters. The van der Waals surface area contributed by atoms with Crippen LogP contribution in [0.5, 0.6) is 0 Å². The van der Waals surface area contributed by atoms with Gasteiger partial charge < -0.3 is 16.0 Å². The lowest BCUT2D eigenvalue weighted by Gasteiger charge is -2.31. The van der Waals surface area contributed by atoms with E-state index in [0.29, 0.717) is 42.8 Å². The van der Waals surface area contributed by atoms with Gasteiger partial charge in [0.15, 0.2) is 0 Å². The van der Waals surface area contributed by atoms with Gasteiger partial charge in [0.1, 0.15) is 23.3 Å². The Hall–Kier alpha value is -5.76. The molecule has 2 amide bonds. The van der Waals surface area contributed by atoms with Crippen LogP contribution in [0.1, 0.15) is 55.7 Å². The van der Waals surface area contributed by atoms with Crippen molar-refractivity contribution in [1.29, 1.82) is 5.26 Å². The smallest absolute Gasteiger partial charge is 0.323 e. The van der Waals surface area contributed by atoms with Crippen molar-refractivity contribution in [3.05, 3.63) is 114 Å². The zero-order chi connectivity index (χ0) is 33.6. The number of nitriles is 1. The number of aromatic nitrogens is 5. The summed E-state index contributed by atoms with van der Waals surface area (Å²) in [5.74, 6) is 1.59. The molecule has 0 bridgehead atoms. The molecule has 48 heavy (non-hydrogen) atoms. The molecule has 5 rings (SSSR count). The SMILES string of the molecule is CCCC(CCCCNc1ncc(C#N)c(NCc2ccccc2)n1)N(C(=O)NCc1ccccc1)c1ccc(-c2cnn(C)c2)cn1. The molecule has 246 valence electrons. The number of nitrogens with one attached hydrogen (secondary N) is 3. The number of urea groups is 1. The zero-order valence-corrected chi connectivity index (χ0v) is 27.5. The molecule has 0 spiro atoms. The van der Waals surface area contributed by atoms with E-state index >= 15 is 0 Å². The fraction of sp³-hybridized carbons (Fsp3) is 0.297. The lowest BCUT2D eigenvalue weighted by molar-refractivity contribution is 0.242. The van der Waals surface area contributed by atoms with Crippen LogP contribution in [0.2, 0.25) is 0 Å². The number of benzene rings is 2. The molecule has 3 heterocycles. The summed E-state index contributed by atoms with van der Waals surface area (Å²) >= 11 is 0. The Kier molecular flexibility index (Phi) is 12.1. The summed E-state index contributed by atoms with van der Waals surface area (Å²) in [4.78, 5) is 29.3. The van der Waals surface area contributed by atoms with Gasteiger partial charge >= 0.3 is 6.03 Å². The van der Waals surface area contributed by atoms with Crippen LogP contribution in [-0.4, -0.2) is 43.4 Å². The molecule has 0 fully saturated rings. The van der Waals surface area contributed by atoms with Crippen LogP contribution in [0, 0.1) is 11.3 Å². The molecule has 2 aromatic carbocycles.